The van der Waals surface area contributed by atoms with E-state index in [-0.39, 0.29) is 11.5 Å². The Bertz CT molecular complexity index is 1070. The number of hydrogen-bond acceptors (Lipinski definition) is 7. The van der Waals surface area contributed by atoms with Crippen LogP contribution in [0.15, 0.2) is 45.8 Å². The van der Waals surface area contributed by atoms with Gasteiger partial charge in [-0.3, -0.25) is 19.3 Å². The molecule has 1 saturated heterocycles. The summed E-state index contributed by atoms with van der Waals surface area (Å²) in [5.41, 5.74) is 1.65. The van der Waals surface area contributed by atoms with Crippen LogP contribution < -0.4 is 9.47 Å². The molecule has 2 amide bonds. The molecule has 32 heavy (non-hydrogen) atoms. The molecule has 0 unspecified atom stereocenters. The fourth-order valence-corrected chi connectivity index (χ4v) is 4.59. The van der Waals surface area contributed by atoms with Gasteiger partial charge in [-0.1, -0.05) is 12.1 Å². The molecule has 0 N–H and O–H groups in total. The molecule has 1 fully saturated rings. The van der Waals surface area contributed by atoms with E-state index >= 15 is 0 Å². The van der Waals surface area contributed by atoms with Crippen molar-refractivity contribution in [2.75, 3.05) is 20.3 Å². The molecular formula is C22H19BrINO6S. The number of hydrogen-bond donors (Lipinski definition) is 0. The Morgan fingerprint density at radius 3 is 2.59 bits per heavy atom. The molecule has 168 valence electrons. The first-order valence-corrected chi connectivity index (χ1v) is 12.2. The van der Waals surface area contributed by atoms with Crippen molar-refractivity contribution in [3.05, 3.63) is 60.5 Å². The van der Waals surface area contributed by atoms with E-state index in [2.05, 4.69) is 38.5 Å². The lowest BCUT2D eigenvalue weighted by Crippen LogP contribution is -2.34. The maximum absolute atomic E-state index is 12.6. The molecule has 3 rings (SSSR count). The number of halogens is 2. The number of imide groups is 1. The van der Waals surface area contributed by atoms with Crippen LogP contribution in [0.4, 0.5) is 4.79 Å². The van der Waals surface area contributed by atoms with Crippen LogP contribution in [0.2, 0.25) is 0 Å². The monoisotopic (exact) mass is 631 g/mol. The van der Waals surface area contributed by atoms with Crippen molar-refractivity contribution < 1.29 is 28.6 Å². The number of thioether (sulfide) groups is 1. The Morgan fingerprint density at radius 2 is 1.94 bits per heavy atom. The first kappa shape index (κ1) is 24.6. The van der Waals surface area contributed by atoms with Gasteiger partial charge >= 0.3 is 5.97 Å². The number of amides is 2. The number of benzene rings is 2. The van der Waals surface area contributed by atoms with Gasteiger partial charge in [0.2, 0.25) is 0 Å². The van der Waals surface area contributed by atoms with E-state index < -0.39 is 23.7 Å². The molecular weight excluding hydrogens is 613 g/mol. The summed E-state index contributed by atoms with van der Waals surface area (Å²) in [5, 5.41) is -0.516. The van der Waals surface area contributed by atoms with Crippen LogP contribution in [0.5, 0.6) is 11.5 Å². The van der Waals surface area contributed by atoms with Crippen molar-refractivity contribution >= 4 is 73.5 Å². The summed E-state index contributed by atoms with van der Waals surface area (Å²) < 4.78 is 18.0. The van der Waals surface area contributed by atoms with E-state index in [9.17, 15) is 14.4 Å². The second-order valence-electron chi connectivity index (χ2n) is 6.52. The highest BCUT2D eigenvalue weighted by Gasteiger charge is 2.36. The third-order valence-corrected chi connectivity index (χ3v) is 6.53. The largest absolute Gasteiger partial charge is 0.493 e. The van der Waals surface area contributed by atoms with Gasteiger partial charge in [0.05, 0.1) is 23.1 Å². The van der Waals surface area contributed by atoms with Gasteiger partial charge in [0.1, 0.15) is 13.2 Å². The zero-order chi connectivity index (χ0) is 23.3. The van der Waals surface area contributed by atoms with Crippen molar-refractivity contribution in [2.24, 2.45) is 0 Å². The summed E-state index contributed by atoms with van der Waals surface area (Å²) in [6, 6.07) is 11.5. The lowest BCUT2D eigenvalue weighted by Gasteiger charge is -2.14. The quantitative estimate of drug-likeness (QED) is 0.224. The molecule has 0 bridgehead atoms. The highest BCUT2D eigenvalue weighted by molar-refractivity contribution is 14.1. The lowest BCUT2D eigenvalue weighted by molar-refractivity contribution is -0.145. The predicted molar refractivity (Wildman–Crippen MR) is 133 cm³/mol. The number of carbonyl (C=O) groups is 3. The van der Waals surface area contributed by atoms with Crippen molar-refractivity contribution in [3.8, 4) is 11.5 Å². The normalized spacial score (nSPS) is 14.8. The summed E-state index contributed by atoms with van der Waals surface area (Å²) in [7, 11) is 1.52. The molecule has 2 aromatic rings. The molecule has 2 aromatic carbocycles. The van der Waals surface area contributed by atoms with Gasteiger partial charge in [0.15, 0.2) is 11.5 Å². The minimum atomic E-state index is -0.630. The molecule has 0 spiro atoms. The second-order valence-corrected chi connectivity index (χ2v) is 9.62. The highest BCUT2D eigenvalue weighted by atomic mass is 127. The predicted octanol–water partition coefficient (Wildman–Crippen LogP) is 5.24. The number of esters is 1. The Balaban J connectivity index is 1.78. The number of carbonyl (C=O) groups excluding carboxylic acids is 3. The van der Waals surface area contributed by atoms with Crippen molar-refractivity contribution in [1.82, 2.24) is 4.90 Å². The van der Waals surface area contributed by atoms with Gasteiger partial charge in [0.25, 0.3) is 11.1 Å². The van der Waals surface area contributed by atoms with Crippen LogP contribution >= 0.6 is 50.3 Å². The molecule has 10 heteroatoms. The van der Waals surface area contributed by atoms with Crippen LogP contribution in [0.3, 0.4) is 0 Å². The van der Waals surface area contributed by atoms with Crippen LogP contribution in [-0.2, 0) is 20.9 Å². The van der Waals surface area contributed by atoms with E-state index in [1.165, 1.54) is 7.11 Å². The van der Waals surface area contributed by atoms with Gasteiger partial charge in [-0.15, -0.1) is 0 Å². The van der Waals surface area contributed by atoms with Gasteiger partial charge in [0, 0.05) is 3.57 Å². The SMILES string of the molecule is CCOC(=O)CN1C(=O)S/C(=C/c2cc(Br)c(OCc3ccc(I)cc3)c(OC)c2)C1=O. The topological polar surface area (TPSA) is 82.1 Å². The summed E-state index contributed by atoms with van der Waals surface area (Å²) in [6.45, 7) is 1.79. The van der Waals surface area contributed by atoms with E-state index in [0.717, 1.165) is 25.8 Å². The maximum atomic E-state index is 12.6. The van der Waals surface area contributed by atoms with Crippen molar-refractivity contribution in [3.63, 3.8) is 0 Å². The lowest BCUT2D eigenvalue weighted by atomic mass is 10.1. The number of rotatable bonds is 8. The summed E-state index contributed by atoms with van der Waals surface area (Å²) in [5.74, 6) is -0.169. The molecule has 0 aliphatic carbocycles. The molecule has 0 aromatic heterocycles. The van der Waals surface area contributed by atoms with Crippen LogP contribution in [-0.4, -0.2) is 42.3 Å². The maximum Gasteiger partial charge on any atom is 0.326 e. The molecule has 1 heterocycles. The average Bonchev–Trinajstić information content (AvgIpc) is 3.01. The van der Waals surface area contributed by atoms with Crippen LogP contribution in [0.1, 0.15) is 18.1 Å². The van der Waals surface area contributed by atoms with Gasteiger partial charge < -0.3 is 14.2 Å². The van der Waals surface area contributed by atoms with E-state index in [4.69, 9.17) is 14.2 Å². The van der Waals surface area contributed by atoms with E-state index in [1.54, 1.807) is 25.1 Å². The van der Waals surface area contributed by atoms with Crippen molar-refractivity contribution in [2.45, 2.75) is 13.5 Å². The van der Waals surface area contributed by atoms with Crippen molar-refractivity contribution in [1.29, 1.82) is 0 Å². The second kappa shape index (κ2) is 11.2. The number of methoxy groups -OCH3 is 1. The summed E-state index contributed by atoms with van der Waals surface area (Å²) in [4.78, 5) is 37.5. The first-order valence-electron chi connectivity index (χ1n) is 9.48. The Hall–Kier alpha value is -2.05. The minimum Gasteiger partial charge on any atom is -0.493 e. The van der Waals surface area contributed by atoms with Gasteiger partial charge in [-0.05, 0) is 98.7 Å². The Morgan fingerprint density at radius 1 is 1.22 bits per heavy atom. The van der Waals surface area contributed by atoms with Gasteiger partial charge in [-0.2, -0.15) is 0 Å². The third-order valence-electron chi connectivity index (χ3n) is 4.31. The zero-order valence-corrected chi connectivity index (χ0v) is 21.8. The molecule has 0 radical (unpaired) electrons. The number of nitrogens with zero attached hydrogens (tertiary/aromatic N) is 1. The van der Waals surface area contributed by atoms with E-state index in [1.807, 2.05) is 24.3 Å². The van der Waals surface area contributed by atoms with Gasteiger partial charge in [-0.25, -0.2) is 0 Å². The Kier molecular flexibility index (Phi) is 8.60. The fourth-order valence-electron chi connectivity index (χ4n) is 2.82. The molecule has 1 aliphatic rings. The smallest absolute Gasteiger partial charge is 0.326 e. The average molecular weight is 632 g/mol. The number of ether oxygens (including phenoxy) is 3. The zero-order valence-electron chi connectivity index (χ0n) is 17.2. The first-order chi connectivity index (χ1) is 15.3. The minimum absolute atomic E-state index is 0.177. The van der Waals surface area contributed by atoms with Crippen LogP contribution in [0.25, 0.3) is 6.08 Å². The molecule has 0 atom stereocenters. The standard InChI is InChI=1S/C22H19BrINO6S/c1-3-30-19(26)11-25-21(27)18(32-22(25)28)10-14-8-16(23)20(17(9-14)29-2)31-12-13-4-6-15(24)7-5-13/h4-10H,3,11-12H2,1-2H3/b18-10+. The highest BCUT2D eigenvalue weighted by Crippen LogP contribution is 2.39. The Labute approximate surface area is 211 Å². The molecule has 1 aliphatic heterocycles. The molecule has 0 saturated carbocycles. The summed E-state index contributed by atoms with van der Waals surface area (Å²) >= 11 is 6.51. The third kappa shape index (κ3) is 6.04. The van der Waals surface area contributed by atoms with E-state index in [0.29, 0.717) is 28.1 Å². The fraction of sp³-hybridized carbons (Fsp3) is 0.227. The molecule has 7 nitrogen and oxygen atoms in total. The summed E-state index contributed by atoms with van der Waals surface area (Å²) in [6.07, 6.45) is 1.58. The van der Waals surface area contributed by atoms with Crippen LogP contribution in [0, 0.1) is 3.57 Å².